The van der Waals surface area contributed by atoms with E-state index in [1.807, 2.05) is 55.5 Å². The first-order valence-corrected chi connectivity index (χ1v) is 9.48. The highest BCUT2D eigenvalue weighted by Gasteiger charge is 2.20. The van der Waals surface area contributed by atoms with Gasteiger partial charge < -0.3 is 10.3 Å². The molecule has 29 heavy (non-hydrogen) atoms. The number of aliphatic carboxylic acids is 1. The van der Waals surface area contributed by atoms with E-state index >= 15 is 0 Å². The van der Waals surface area contributed by atoms with Gasteiger partial charge in [-0.25, -0.2) is 0 Å². The summed E-state index contributed by atoms with van der Waals surface area (Å²) in [6, 6.07) is 19.5. The zero-order chi connectivity index (χ0) is 20.8. The highest BCUT2D eigenvalue weighted by Crippen LogP contribution is 2.32. The van der Waals surface area contributed by atoms with E-state index in [0.717, 1.165) is 33.5 Å². The van der Waals surface area contributed by atoms with E-state index in [1.54, 1.807) is 6.20 Å². The van der Waals surface area contributed by atoms with Crippen LogP contribution in [0, 0.1) is 13.8 Å². The van der Waals surface area contributed by atoms with E-state index in [9.17, 15) is 10.0 Å². The number of aryl methyl sites for hydroxylation is 2. The van der Waals surface area contributed by atoms with E-state index in [2.05, 4.69) is 29.2 Å². The van der Waals surface area contributed by atoms with Crippen LogP contribution in [-0.2, 0) is 11.2 Å². The highest BCUT2D eigenvalue weighted by atomic mass is 16.4. The van der Waals surface area contributed by atoms with Crippen molar-refractivity contribution >= 4 is 11.7 Å². The Kier molecular flexibility index (Phi) is 6.39. The molecule has 0 aliphatic rings. The van der Waals surface area contributed by atoms with Crippen molar-refractivity contribution in [3.8, 4) is 0 Å². The van der Waals surface area contributed by atoms with Crippen LogP contribution in [0.2, 0.25) is 0 Å². The Balaban J connectivity index is 2.00. The molecule has 0 aliphatic heterocycles. The molecule has 0 saturated carbocycles. The highest BCUT2D eigenvalue weighted by molar-refractivity contribution is 6.01. The van der Waals surface area contributed by atoms with Crippen molar-refractivity contribution in [2.45, 2.75) is 32.6 Å². The average Bonchev–Trinajstić information content (AvgIpc) is 2.70. The number of pyridine rings is 1. The SMILES string of the molecule is Cc1cc(C(C[C@H](c2ccc(CC(=O)O)cc2)c2ccccc2C)=NO)ccn1. The summed E-state index contributed by atoms with van der Waals surface area (Å²) in [5.41, 5.74) is 6.36. The van der Waals surface area contributed by atoms with Gasteiger partial charge >= 0.3 is 5.97 Å². The van der Waals surface area contributed by atoms with Gasteiger partial charge in [-0.3, -0.25) is 9.78 Å². The lowest BCUT2D eigenvalue weighted by Crippen LogP contribution is -2.12. The standard InChI is InChI=1S/C24H24N2O3/c1-16-5-3-4-6-21(16)22(19-9-7-18(8-10-19)14-24(27)28)15-23(26-29)20-11-12-25-17(2)13-20/h3-13,22,29H,14-15H2,1-2H3,(H,27,28)/t22-/m1/s1. The molecule has 0 spiro atoms. The Morgan fingerprint density at radius 3 is 2.41 bits per heavy atom. The van der Waals surface area contributed by atoms with Gasteiger partial charge in [0.25, 0.3) is 0 Å². The molecule has 0 saturated heterocycles. The van der Waals surface area contributed by atoms with E-state index in [4.69, 9.17) is 5.11 Å². The Morgan fingerprint density at radius 1 is 1.07 bits per heavy atom. The van der Waals surface area contributed by atoms with Gasteiger partial charge in [0.2, 0.25) is 0 Å². The summed E-state index contributed by atoms with van der Waals surface area (Å²) >= 11 is 0. The Hall–Kier alpha value is -3.47. The van der Waals surface area contributed by atoms with Crippen LogP contribution in [-0.4, -0.2) is 27.0 Å². The topological polar surface area (TPSA) is 82.8 Å². The summed E-state index contributed by atoms with van der Waals surface area (Å²) in [5, 5.41) is 22.3. The van der Waals surface area contributed by atoms with Crippen molar-refractivity contribution in [3.63, 3.8) is 0 Å². The molecule has 0 radical (unpaired) electrons. The fourth-order valence-electron chi connectivity index (χ4n) is 3.56. The lowest BCUT2D eigenvalue weighted by Gasteiger charge is -2.21. The summed E-state index contributed by atoms with van der Waals surface area (Å²) in [7, 11) is 0. The number of nitrogens with zero attached hydrogens (tertiary/aromatic N) is 2. The largest absolute Gasteiger partial charge is 0.481 e. The van der Waals surface area contributed by atoms with Crippen LogP contribution in [0.5, 0.6) is 0 Å². The molecular weight excluding hydrogens is 364 g/mol. The number of rotatable bonds is 7. The number of oxime groups is 1. The van der Waals surface area contributed by atoms with Crippen LogP contribution >= 0.6 is 0 Å². The van der Waals surface area contributed by atoms with Gasteiger partial charge in [0, 0.05) is 29.8 Å². The zero-order valence-electron chi connectivity index (χ0n) is 16.5. The summed E-state index contributed by atoms with van der Waals surface area (Å²) in [5.74, 6) is -0.884. The predicted molar refractivity (Wildman–Crippen MR) is 113 cm³/mol. The summed E-state index contributed by atoms with van der Waals surface area (Å²) in [6.07, 6.45) is 2.21. The third kappa shape index (κ3) is 5.08. The van der Waals surface area contributed by atoms with Gasteiger partial charge in [-0.1, -0.05) is 53.7 Å². The van der Waals surface area contributed by atoms with E-state index in [-0.39, 0.29) is 12.3 Å². The number of benzene rings is 2. The first-order chi connectivity index (χ1) is 14.0. The van der Waals surface area contributed by atoms with Crippen molar-refractivity contribution in [2.24, 2.45) is 5.16 Å². The van der Waals surface area contributed by atoms with Gasteiger partial charge in [-0.2, -0.15) is 0 Å². The van der Waals surface area contributed by atoms with Gasteiger partial charge in [0.15, 0.2) is 0 Å². The summed E-state index contributed by atoms with van der Waals surface area (Å²) in [4.78, 5) is 15.2. The fourth-order valence-corrected chi connectivity index (χ4v) is 3.56. The van der Waals surface area contributed by atoms with Crippen LogP contribution in [0.4, 0.5) is 0 Å². The van der Waals surface area contributed by atoms with Gasteiger partial charge in [0.05, 0.1) is 12.1 Å². The molecule has 3 aromatic rings. The van der Waals surface area contributed by atoms with E-state index < -0.39 is 5.97 Å². The molecule has 0 bridgehead atoms. The third-order valence-corrected chi connectivity index (χ3v) is 5.05. The maximum atomic E-state index is 11.0. The van der Waals surface area contributed by atoms with Gasteiger partial charge in [-0.05, 0) is 48.2 Å². The molecule has 1 heterocycles. The molecule has 5 nitrogen and oxygen atoms in total. The smallest absolute Gasteiger partial charge is 0.307 e. The second-order valence-electron chi connectivity index (χ2n) is 7.16. The molecule has 0 aliphatic carbocycles. The minimum atomic E-state index is -0.851. The van der Waals surface area contributed by atoms with Crippen LogP contribution in [0.3, 0.4) is 0 Å². The maximum absolute atomic E-state index is 11.0. The number of hydrogen-bond acceptors (Lipinski definition) is 4. The number of carboxylic acid groups (broad SMARTS) is 1. The van der Waals surface area contributed by atoms with Crippen LogP contribution in [0.25, 0.3) is 0 Å². The first kappa shape index (κ1) is 20.3. The average molecular weight is 388 g/mol. The molecule has 0 fully saturated rings. The second kappa shape index (κ2) is 9.15. The molecule has 2 N–H and O–H groups in total. The van der Waals surface area contributed by atoms with Crippen molar-refractivity contribution in [1.29, 1.82) is 0 Å². The molecular formula is C24H24N2O3. The second-order valence-corrected chi connectivity index (χ2v) is 7.16. The Morgan fingerprint density at radius 2 is 1.79 bits per heavy atom. The minimum absolute atomic E-state index is 0.00501. The fraction of sp³-hybridized carbons (Fsp3) is 0.208. The Labute approximate surface area is 170 Å². The third-order valence-electron chi connectivity index (χ3n) is 5.05. The number of aromatic nitrogens is 1. The summed E-state index contributed by atoms with van der Waals surface area (Å²) in [6.45, 7) is 3.96. The molecule has 3 rings (SSSR count). The quantitative estimate of drug-likeness (QED) is 0.348. The lowest BCUT2D eigenvalue weighted by molar-refractivity contribution is -0.136. The van der Waals surface area contributed by atoms with Gasteiger partial charge in [0.1, 0.15) is 0 Å². The van der Waals surface area contributed by atoms with Gasteiger partial charge in [-0.15, -0.1) is 0 Å². The number of carboxylic acids is 1. The molecule has 148 valence electrons. The van der Waals surface area contributed by atoms with E-state index in [0.29, 0.717) is 12.1 Å². The van der Waals surface area contributed by atoms with Crippen molar-refractivity contribution in [3.05, 3.63) is 100 Å². The van der Waals surface area contributed by atoms with Crippen LogP contribution in [0.15, 0.2) is 72.0 Å². The van der Waals surface area contributed by atoms with Crippen LogP contribution in [0.1, 0.15) is 45.8 Å². The molecule has 0 amide bonds. The Bertz CT molecular complexity index is 1030. The monoisotopic (exact) mass is 388 g/mol. The minimum Gasteiger partial charge on any atom is -0.481 e. The number of hydrogen-bond donors (Lipinski definition) is 2. The molecule has 5 heteroatoms. The molecule has 1 aromatic heterocycles. The number of carbonyl (C=O) groups is 1. The van der Waals surface area contributed by atoms with E-state index in [1.165, 1.54) is 0 Å². The van der Waals surface area contributed by atoms with Crippen molar-refractivity contribution in [1.82, 2.24) is 4.98 Å². The molecule has 1 atom stereocenters. The van der Waals surface area contributed by atoms with Crippen molar-refractivity contribution in [2.75, 3.05) is 0 Å². The molecule has 0 unspecified atom stereocenters. The zero-order valence-corrected chi connectivity index (χ0v) is 16.5. The van der Waals surface area contributed by atoms with Crippen molar-refractivity contribution < 1.29 is 15.1 Å². The normalized spacial score (nSPS) is 12.6. The summed E-state index contributed by atoms with van der Waals surface area (Å²) < 4.78 is 0. The molecule has 2 aromatic carbocycles. The lowest BCUT2D eigenvalue weighted by atomic mass is 9.83. The maximum Gasteiger partial charge on any atom is 0.307 e. The van der Waals surface area contributed by atoms with Crippen LogP contribution < -0.4 is 0 Å². The predicted octanol–water partition coefficient (Wildman–Crippen LogP) is 4.73. The first-order valence-electron chi connectivity index (χ1n) is 9.48.